The summed E-state index contributed by atoms with van der Waals surface area (Å²) in [7, 11) is 0. The third kappa shape index (κ3) is 4.45. The van der Waals surface area contributed by atoms with Crippen LogP contribution in [-0.4, -0.2) is 24.8 Å². The highest BCUT2D eigenvalue weighted by Crippen LogP contribution is 2.14. The number of benzene rings is 2. The van der Waals surface area contributed by atoms with E-state index < -0.39 is 0 Å². The molecular weight excluding hydrogens is 280 g/mol. The van der Waals surface area contributed by atoms with Crippen molar-refractivity contribution >= 4 is 11.6 Å². The average molecular weight is 298 g/mol. The Morgan fingerprint density at radius 3 is 1.27 bits per heavy atom. The predicted octanol–water partition coefficient (Wildman–Crippen LogP) is 3.55. The summed E-state index contributed by atoms with van der Waals surface area (Å²) in [6, 6.07) is 14.0. The van der Waals surface area contributed by atoms with Crippen LogP contribution in [0.1, 0.15) is 34.6 Å². The first-order valence-corrected chi connectivity index (χ1v) is 7.04. The van der Waals surface area contributed by atoms with Crippen molar-refractivity contribution in [3.8, 4) is 11.5 Å². The Balaban J connectivity index is 1.77. The van der Waals surface area contributed by atoms with Crippen LogP contribution >= 0.6 is 0 Å². The molecule has 0 fully saturated rings. The lowest BCUT2D eigenvalue weighted by atomic mass is 10.1. The number of ether oxygens (including phenoxy) is 2. The number of ketones is 2. The molecule has 0 aliphatic heterocycles. The molecule has 2 aromatic rings. The fourth-order valence-electron chi connectivity index (χ4n) is 1.89. The largest absolute Gasteiger partial charge is 0.490 e. The Labute approximate surface area is 129 Å². The molecule has 0 spiro atoms. The van der Waals surface area contributed by atoms with Crippen molar-refractivity contribution in [3.05, 3.63) is 59.7 Å². The molecule has 0 N–H and O–H groups in total. The molecule has 0 aliphatic carbocycles. The topological polar surface area (TPSA) is 52.6 Å². The van der Waals surface area contributed by atoms with Crippen molar-refractivity contribution in [3.63, 3.8) is 0 Å². The zero-order valence-electron chi connectivity index (χ0n) is 12.7. The molecule has 0 aliphatic rings. The molecule has 0 saturated carbocycles. The van der Waals surface area contributed by atoms with Gasteiger partial charge in [-0.1, -0.05) is 0 Å². The number of hydrogen-bond acceptors (Lipinski definition) is 4. The lowest BCUT2D eigenvalue weighted by Crippen LogP contribution is -2.09. The molecule has 0 atom stereocenters. The fourth-order valence-corrected chi connectivity index (χ4v) is 1.89. The van der Waals surface area contributed by atoms with Crippen LogP contribution in [-0.2, 0) is 0 Å². The molecule has 2 rings (SSSR count). The van der Waals surface area contributed by atoms with Gasteiger partial charge in [-0.05, 0) is 62.4 Å². The Morgan fingerprint density at radius 1 is 0.682 bits per heavy atom. The second-order valence-electron chi connectivity index (χ2n) is 4.86. The maximum Gasteiger partial charge on any atom is 0.159 e. The quantitative estimate of drug-likeness (QED) is 0.579. The zero-order valence-corrected chi connectivity index (χ0v) is 12.7. The van der Waals surface area contributed by atoms with Crippen LogP contribution < -0.4 is 9.47 Å². The van der Waals surface area contributed by atoms with Crippen molar-refractivity contribution in [1.29, 1.82) is 0 Å². The lowest BCUT2D eigenvalue weighted by molar-refractivity contribution is 0.100. The van der Waals surface area contributed by atoms with E-state index in [1.165, 1.54) is 13.8 Å². The number of carbonyl (C=O) groups excluding carboxylic acids is 2. The molecule has 2 aromatic carbocycles. The maximum atomic E-state index is 11.2. The predicted molar refractivity (Wildman–Crippen MR) is 83.9 cm³/mol. The van der Waals surface area contributed by atoms with Crippen molar-refractivity contribution in [2.45, 2.75) is 13.8 Å². The molecule has 0 heterocycles. The minimum absolute atomic E-state index is 0.0314. The first-order valence-electron chi connectivity index (χ1n) is 7.04. The lowest BCUT2D eigenvalue weighted by Gasteiger charge is -2.09. The third-order valence-electron chi connectivity index (χ3n) is 3.14. The fraction of sp³-hybridized carbons (Fsp3) is 0.222. The zero-order chi connectivity index (χ0) is 15.9. The Kier molecular flexibility index (Phi) is 5.31. The van der Waals surface area contributed by atoms with Crippen LogP contribution in [0.4, 0.5) is 0 Å². The summed E-state index contributed by atoms with van der Waals surface area (Å²) >= 11 is 0. The van der Waals surface area contributed by atoms with Gasteiger partial charge in [-0.15, -0.1) is 0 Å². The summed E-state index contributed by atoms with van der Waals surface area (Å²) in [6.45, 7) is 3.85. The molecule has 0 saturated heterocycles. The highest BCUT2D eigenvalue weighted by Gasteiger charge is 2.01. The summed E-state index contributed by atoms with van der Waals surface area (Å²) in [5, 5.41) is 0. The average Bonchev–Trinajstić information content (AvgIpc) is 2.52. The van der Waals surface area contributed by atoms with Gasteiger partial charge in [0.2, 0.25) is 0 Å². The number of rotatable bonds is 7. The molecule has 114 valence electrons. The second kappa shape index (κ2) is 7.41. The van der Waals surface area contributed by atoms with E-state index in [1.807, 2.05) is 0 Å². The van der Waals surface area contributed by atoms with Gasteiger partial charge in [0, 0.05) is 11.1 Å². The van der Waals surface area contributed by atoms with Crippen molar-refractivity contribution in [2.75, 3.05) is 13.2 Å². The Hall–Kier alpha value is -2.62. The summed E-state index contributed by atoms with van der Waals surface area (Å²) in [5.74, 6) is 1.45. The standard InChI is InChI=1S/C18H18O4/c1-13(19)15-3-7-17(8-4-15)21-11-12-22-18-9-5-16(6-10-18)14(2)20/h3-10H,11-12H2,1-2H3. The summed E-state index contributed by atoms with van der Waals surface area (Å²) in [5.41, 5.74) is 1.32. The van der Waals surface area contributed by atoms with Crippen LogP contribution in [0.5, 0.6) is 11.5 Å². The highest BCUT2D eigenvalue weighted by atomic mass is 16.5. The van der Waals surface area contributed by atoms with Gasteiger partial charge in [-0.3, -0.25) is 9.59 Å². The monoisotopic (exact) mass is 298 g/mol. The number of Topliss-reactive ketones (excluding diaryl/α,β-unsaturated/α-hetero) is 2. The van der Waals surface area contributed by atoms with Gasteiger partial charge in [0.1, 0.15) is 24.7 Å². The first-order chi connectivity index (χ1) is 10.6. The molecule has 0 aromatic heterocycles. The maximum absolute atomic E-state index is 11.2. The van der Waals surface area contributed by atoms with E-state index in [-0.39, 0.29) is 11.6 Å². The van der Waals surface area contributed by atoms with Crippen LogP contribution in [0.25, 0.3) is 0 Å². The van der Waals surface area contributed by atoms with E-state index in [0.29, 0.717) is 35.8 Å². The van der Waals surface area contributed by atoms with Gasteiger partial charge in [-0.25, -0.2) is 0 Å². The van der Waals surface area contributed by atoms with Gasteiger partial charge < -0.3 is 9.47 Å². The molecule has 0 radical (unpaired) electrons. The summed E-state index contributed by atoms with van der Waals surface area (Å²) in [6.07, 6.45) is 0. The van der Waals surface area contributed by atoms with Crippen molar-refractivity contribution in [1.82, 2.24) is 0 Å². The number of carbonyl (C=O) groups is 2. The molecule has 22 heavy (non-hydrogen) atoms. The van der Waals surface area contributed by atoms with Crippen LogP contribution in [0.2, 0.25) is 0 Å². The van der Waals surface area contributed by atoms with Gasteiger partial charge in [0.25, 0.3) is 0 Å². The van der Waals surface area contributed by atoms with E-state index in [9.17, 15) is 9.59 Å². The number of hydrogen-bond donors (Lipinski definition) is 0. The molecule has 4 nitrogen and oxygen atoms in total. The van der Waals surface area contributed by atoms with E-state index in [0.717, 1.165) is 0 Å². The van der Waals surface area contributed by atoms with E-state index in [2.05, 4.69) is 0 Å². The van der Waals surface area contributed by atoms with Crippen molar-refractivity contribution < 1.29 is 19.1 Å². The van der Waals surface area contributed by atoms with Crippen molar-refractivity contribution in [2.24, 2.45) is 0 Å². The molecule has 4 heteroatoms. The molecule has 0 amide bonds. The summed E-state index contributed by atoms with van der Waals surface area (Å²) < 4.78 is 11.1. The molecular formula is C18H18O4. The Bertz CT molecular complexity index is 582. The van der Waals surface area contributed by atoms with Crippen LogP contribution in [0.3, 0.4) is 0 Å². The van der Waals surface area contributed by atoms with Gasteiger partial charge in [-0.2, -0.15) is 0 Å². The highest BCUT2D eigenvalue weighted by molar-refractivity contribution is 5.94. The minimum atomic E-state index is 0.0314. The molecule has 0 bridgehead atoms. The SMILES string of the molecule is CC(=O)c1ccc(OCCOc2ccc(C(C)=O)cc2)cc1. The first kappa shape index (κ1) is 15.8. The van der Waals surface area contributed by atoms with Gasteiger partial charge in [0.05, 0.1) is 0 Å². The molecule has 0 unspecified atom stereocenters. The van der Waals surface area contributed by atoms with E-state index in [4.69, 9.17) is 9.47 Å². The van der Waals surface area contributed by atoms with E-state index in [1.54, 1.807) is 48.5 Å². The smallest absolute Gasteiger partial charge is 0.159 e. The van der Waals surface area contributed by atoms with Gasteiger partial charge >= 0.3 is 0 Å². The second-order valence-corrected chi connectivity index (χ2v) is 4.86. The van der Waals surface area contributed by atoms with Crippen LogP contribution in [0, 0.1) is 0 Å². The van der Waals surface area contributed by atoms with Gasteiger partial charge in [0.15, 0.2) is 11.6 Å². The van der Waals surface area contributed by atoms with Crippen LogP contribution in [0.15, 0.2) is 48.5 Å². The summed E-state index contributed by atoms with van der Waals surface area (Å²) in [4.78, 5) is 22.3. The third-order valence-corrected chi connectivity index (χ3v) is 3.14. The minimum Gasteiger partial charge on any atom is -0.490 e. The normalized spacial score (nSPS) is 10.1. The van der Waals surface area contributed by atoms with E-state index >= 15 is 0 Å². The Morgan fingerprint density at radius 2 is 1.00 bits per heavy atom.